The van der Waals surface area contributed by atoms with Crippen LogP contribution < -0.4 is 5.32 Å². The van der Waals surface area contributed by atoms with Crippen molar-refractivity contribution in [2.24, 2.45) is 0 Å². The Bertz CT molecular complexity index is 768. The quantitative estimate of drug-likeness (QED) is 0.760. The summed E-state index contributed by atoms with van der Waals surface area (Å²) in [4.78, 5) is 12.5. The van der Waals surface area contributed by atoms with Crippen LogP contribution >= 0.6 is 0 Å². The number of aromatic amines is 1. The largest absolute Gasteiger partial charge is 0.382 e. The Balaban J connectivity index is 1.81. The molecule has 0 aliphatic carbocycles. The highest BCUT2D eigenvalue weighted by Gasteiger charge is 2.16. The maximum atomic E-state index is 12.5. The van der Waals surface area contributed by atoms with Crippen molar-refractivity contribution in [3.8, 4) is 0 Å². The number of fused-ring (bicyclic) bond motifs is 1. The van der Waals surface area contributed by atoms with Crippen molar-refractivity contribution in [2.45, 2.75) is 6.04 Å². The Kier molecular flexibility index (Phi) is 4.16. The van der Waals surface area contributed by atoms with Gasteiger partial charge in [0.2, 0.25) is 0 Å². The first kappa shape index (κ1) is 14.3. The maximum absolute atomic E-state index is 12.5. The normalized spacial score (nSPS) is 12.2. The Labute approximate surface area is 128 Å². The molecule has 0 saturated heterocycles. The summed E-state index contributed by atoms with van der Waals surface area (Å²) >= 11 is 0. The van der Waals surface area contributed by atoms with Gasteiger partial charge < -0.3 is 10.1 Å². The minimum Gasteiger partial charge on any atom is -0.382 e. The fourth-order valence-electron chi connectivity index (χ4n) is 2.40. The van der Waals surface area contributed by atoms with Crippen molar-refractivity contribution >= 4 is 16.8 Å². The molecule has 22 heavy (non-hydrogen) atoms. The van der Waals surface area contributed by atoms with Crippen LogP contribution in [0.25, 0.3) is 10.9 Å². The van der Waals surface area contributed by atoms with Crippen molar-refractivity contribution in [1.82, 2.24) is 15.5 Å². The summed E-state index contributed by atoms with van der Waals surface area (Å²) in [6.07, 6.45) is 1.70. The summed E-state index contributed by atoms with van der Waals surface area (Å²) in [7, 11) is 1.62. The zero-order chi connectivity index (χ0) is 15.4. The number of rotatable bonds is 5. The van der Waals surface area contributed by atoms with Crippen LogP contribution in [-0.4, -0.2) is 29.8 Å². The molecule has 1 amide bonds. The number of hydrogen-bond donors (Lipinski definition) is 2. The molecule has 1 heterocycles. The molecule has 2 N–H and O–H groups in total. The third kappa shape index (κ3) is 2.99. The van der Waals surface area contributed by atoms with E-state index < -0.39 is 0 Å². The molecule has 0 bridgehead atoms. The van der Waals surface area contributed by atoms with E-state index in [9.17, 15) is 4.79 Å². The van der Waals surface area contributed by atoms with Crippen molar-refractivity contribution in [3.05, 3.63) is 65.9 Å². The highest BCUT2D eigenvalue weighted by atomic mass is 16.5. The lowest BCUT2D eigenvalue weighted by molar-refractivity contribution is 0.0896. The second-order valence-corrected chi connectivity index (χ2v) is 5.06. The number of aromatic nitrogens is 2. The van der Waals surface area contributed by atoms with E-state index in [0.29, 0.717) is 12.2 Å². The van der Waals surface area contributed by atoms with Crippen LogP contribution in [0.3, 0.4) is 0 Å². The molecule has 112 valence electrons. The number of hydrogen-bond acceptors (Lipinski definition) is 3. The van der Waals surface area contributed by atoms with Gasteiger partial charge in [-0.3, -0.25) is 9.89 Å². The molecule has 1 aromatic heterocycles. The zero-order valence-electron chi connectivity index (χ0n) is 12.2. The van der Waals surface area contributed by atoms with Crippen molar-refractivity contribution in [1.29, 1.82) is 0 Å². The summed E-state index contributed by atoms with van der Waals surface area (Å²) in [5.41, 5.74) is 2.53. The number of benzene rings is 2. The number of amides is 1. The SMILES string of the molecule is COCC(NC(=O)c1ccc2[nH]ncc2c1)c1ccccc1. The second kappa shape index (κ2) is 6.41. The van der Waals surface area contributed by atoms with E-state index in [2.05, 4.69) is 15.5 Å². The number of ether oxygens (including phenoxy) is 1. The first-order valence-electron chi connectivity index (χ1n) is 7.06. The van der Waals surface area contributed by atoms with Gasteiger partial charge >= 0.3 is 0 Å². The molecule has 1 unspecified atom stereocenters. The number of H-pyrrole nitrogens is 1. The molecular formula is C17H17N3O2. The van der Waals surface area contributed by atoms with Crippen LogP contribution in [0, 0.1) is 0 Å². The average molecular weight is 295 g/mol. The molecule has 5 nitrogen and oxygen atoms in total. The van der Waals surface area contributed by atoms with Gasteiger partial charge in [0, 0.05) is 18.1 Å². The van der Waals surface area contributed by atoms with Gasteiger partial charge in [-0.1, -0.05) is 30.3 Å². The van der Waals surface area contributed by atoms with Crippen LogP contribution in [0.15, 0.2) is 54.7 Å². The standard InChI is InChI=1S/C17H17N3O2/c1-22-11-16(12-5-3-2-4-6-12)19-17(21)13-7-8-15-14(9-13)10-18-20-15/h2-10,16H,11H2,1H3,(H,18,20)(H,19,21). The zero-order valence-corrected chi connectivity index (χ0v) is 12.2. The predicted octanol–water partition coefficient (Wildman–Crippen LogP) is 2.68. The average Bonchev–Trinajstić information content (AvgIpc) is 3.02. The minimum atomic E-state index is -0.182. The smallest absolute Gasteiger partial charge is 0.251 e. The fourth-order valence-corrected chi connectivity index (χ4v) is 2.40. The summed E-state index contributed by atoms with van der Waals surface area (Å²) in [6, 6.07) is 15.1. The molecule has 3 aromatic rings. The van der Waals surface area contributed by atoms with Gasteiger partial charge in [-0.05, 0) is 23.8 Å². The van der Waals surface area contributed by atoms with Gasteiger partial charge in [-0.15, -0.1) is 0 Å². The van der Waals surface area contributed by atoms with E-state index in [4.69, 9.17) is 4.74 Å². The lowest BCUT2D eigenvalue weighted by atomic mass is 10.1. The Morgan fingerprint density at radius 2 is 2.09 bits per heavy atom. The van der Waals surface area contributed by atoms with Crippen LogP contribution in [0.5, 0.6) is 0 Å². The highest BCUT2D eigenvalue weighted by molar-refractivity contribution is 5.98. The van der Waals surface area contributed by atoms with Gasteiger partial charge in [-0.2, -0.15) is 5.10 Å². The fraction of sp³-hybridized carbons (Fsp3) is 0.176. The first-order valence-corrected chi connectivity index (χ1v) is 7.06. The van der Waals surface area contributed by atoms with Gasteiger partial charge in [0.15, 0.2) is 0 Å². The molecule has 0 saturated carbocycles. The lowest BCUT2D eigenvalue weighted by Gasteiger charge is -2.18. The van der Waals surface area contributed by atoms with Crippen LogP contribution in [-0.2, 0) is 4.74 Å². The van der Waals surface area contributed by atoms with Gasteiger partial charge in [0.05, 0.1) is 24.4 Å². The summed E-state index contributed by atoms with van der Waals surface area (Å²) in [5, 5.41) is 10.8. The number of methoxy groups -OCH3 is 1. The Hall–Kier alpha value is -2.66. The maximum Gasteiger partial charge on any atom is 0.251 e. The number of nitrogens with zero attached hydrogens (tertiary/aromatic N) is 1. The Morgan fingerprint density at radius 1 is 1.27 bits per heavy atom. The molecule has 5 heteroatoms. The molecule has 1 atom stereocenters. The highest BCUT2D eigenvalue weighted by Crippen LogP contribution is 2.16. The summed E-state index contributed by atoms with van der Waals surface area (Å²) in [5.74, 6) is -0.131. The van der Waals surface area contributed by atoms with E-state index in [1.807, 2.05) is 42.5 Å². The molecule has 0 radical (unpaired) electrons. The van der Waals surface area contributed by atoms with E-state index in [1.165, 1.54) is 0 Å². The number of carbonyl (C=O) groups excluding carboxylic acids is 1. The summed E-state index contributed by atoms with van der Waals surface area (Å²) in [6.45, 7) is 0.420. The van der Waals surface area contributed by atoms with Gasteiger partial charge in [0.25, 0.3) is 5.91 Å². The van der Waals surface area contributed by atoms with Gasteiger partial charge in [-0.25, -0.2) is 0 Å². The van der Waals surface area contributed by atoms with Crippen molar-refractivity contribution in [3.63, 3.8) is 0 Å². The third-order valence-corrected chi connectivity index (χ3v) is 3.54. The summed E-state index contributed by atoms with van der Waals surface area (Å²) < 4.78 is 5.22. The van der Waals surface area contributed by atoms with Crippen LogP contribution in [0.1, 0.15) is 22.0 Å². The van der Waals surface area contributed by atoms with Crippen molar-refractivity contribution < 1.29 is 9.53 Å². The third-order valence-electron chi connectivity index (χ3n) is 3.54. The molecule has 3 rings (SSSR count). The molecule has 0 aliphatic rings. The first-order chi connectivity index (χ1) is 10.8. The lowest BCUT2D eigenvalue weighted by Crippen LogP contribution is -2.31. The van der Waals surface area contributed by atoms with Crippen molar-refractivity contribution in [2.75, 3.05) is 13.7 Å². The van der Waals surface area contributed by atoms with E-state index in [1.54, 1.807) is 19.4 Å². The monoisotopic (exact) mass is 295 g/mol. The number of carbonyl (C=O) groups is 1. The molecule has 0 spiro atoms. The number of nitrogens with one attached hydrogen (secondary N) is 2. The molecular weight excluding hydrogens is 278 g/mol. The van der Waals surface area contributed by atoms with E-state index in [0.717, 1.165) is 16.5 Å². The van der Waals surface area contributed by atoms with Gasteiger partial charge in [0.1, 0.15) is 0 Å². The Morgan fingerprint density at radius 3 is 2.86 bits per heavy atom. The molecule has 0 aliphatic heterocycles. The predicted molar refractivity (Wildman–Crippen MR) is 84.6 cm³/mol. The van der Waals surface area contributed by atoms with Crippen LogP contribution in [0.2, 0.25) is 0 Å². The van der Waals surface area contributed by atoms with E-state index in [-0.39, 0.29) is 11.9 Å². The molecule has 0 fully saturated rings. The topological polar surface area (TPSA) is 67.0 Å². The molecule has 2 aromatic carbocycles. The van der Waals surface area contributed by atoms with Crippen LogP contribution in [0.4, 0.5) is 0 Å². The second-order valence-electron chi connectivity index (χ2n) is 5.06. The van der Waals surface area contributed by atoms with E-state index >= 15 is 0 Å². The minimum absolute atomic E-state index is 0.131.